The van der Waals surface area contributed by atoms with Crippen molar-refractivity contribution in [3.63, 3.8) is 0 Å². The maximum Gasteiger partial charge on any atom is 0.357 e. The Labute approximate surface area is 126 Å². The summed E-state index contributed by atoms with van der Waals surface area (Å²) in [6, 6.07) is 1.44. The van der Waals surface area contributed by atoms with E-state index in [1.54, 1.807) is 6.92 Å². The Morgan fingerprint density at radius 3 is 2.71 bits per heavy atom. The lowest BCUT2D eigenvalue weighted by Gasteiger charge is -2.19. The zero-order chi connectivity index (χ0) is 15.8. The molecule has 0 aliphatic rings. The summed E-state index contributed by atoms with van der Waals surface area (Å²) in [6.07, 6.45) is 2.89. The summed E-state index contributed by atoms with van der Waals surface area (Å²) < 4.78 is 28.3. The van der Waals surface area contributed by atoms with Gasteiger partial charge in [-0.05, 0) is 26.8 Å². The fourth-order valence-corrected chi connectivity index (χ4v) is 2.40. The molecule has 2 heterocycles. The Morgan fingerprint density at radius 2 is 2.14 bits per heavy atom. The molecule has 2 aromatic heterocycles. The van der Waals surface area contributed by atoms with Crippen LogP contribution in [0.1, 0.15) is 37.0 Å². The second-order valence-corrected chi connectivity index (χ2v) is 7.91. The maximum atomic E-state index is 11.7. The van der Waals surface area contributed by atoms with Crippen LogP contribution in [0.4, 0.5) is 0 Å². The molecule has 0 aliphatic carbocycles. The summed E-state index contributed by atoms with van der Waals surface area (Å²) in [6.45, 7) is 4.87. The molecule has 21 heavy (non-hydrogen) atoms. The van der Waals surface area contributed by atoms with E-state index in [9.17, 15) is 13.2 Å². The molecule has 0 saturated carbocycles. The molecular weight excluding hydrogens is 318 g/mol. The highest BCUT2D eigenvalue weighted by atomic mass is 35.7. The lowest BCUT2D eigenvalue weighted by atomic mass is 10.1. The van der Waals surface area contributed by atoms with Crippen LogP contribution in [0.15, 0.2) is 18.5 Å². The molecule has 2 rings (SSSR count). The lowest BCUT2D eigenvalue weighted by molar-refractivity contribution is 0.0519. The monoisotopic (exact) mass is 331 g/mol. The Balaban J connectivity index is 2.55. The molecule has 0 saturated heterocycles. The minimum absolute atomic E-state index is 0.105. The topological polar surface area (TPSA) is 90.6 Å². The number of esters is 1. The van der Waals surface area contributed by atoms with E-state index in [0.717, 1.165) is 0 Å². The third-order valence-electron chi connectivity index (χ3n) is 3.09. The van der Waals surface area contributed by atoms with E-state index < -0.39 is 19.8 Å². The van der Waals surface area contributed by atoms with Gasteiger partial charge in [0.1, 0.15) is 4.75 Å². The Bertz CT molecular complexity index is 798. The highest BCUT2D eigenvalue weighted by molar-refractivity contribution is 8.14. The van der Waals surface area contributed by atoms with Crippen molar-refractivity contribution in [2.45, 2.75) is 25.5 Å². The van der Waals surface area contributed by atoms with Gasteiger partial charge in [-0.1, -0.05) is 0 Å². The van der Waals surface area contributed by atoms with E-state index in [1.807, 2.05) is 0 Å². The number of halogens is 1. The first-order chi connectivity index (χ1) is 9.68. The smallest absolute Gasteiger partial charge is 0.357 e. The standard InChI is InChI=1S/C12H14ClN3O4S/c1-4-20-10(17)8-5-6-16-9(7-14-11(16)15-8)12(2,3)21(13,18)19/h5-7H,4H2,1-3H3. The molecule has 0 radical (unpaired) electrons. The van der Waals surface area contributed by atoms with E-state index in [2.05, 4.69) is 9.97 Å². The summed E-state index contributed by atoms with van der Waals surface area (Å²) in [5.74, 6) is -0.363. The molecule has 7 nitrogen and oxygen atoms in total. The Hall–Kier alpha value is -1.67. The van der Waals surface area contributed by atoms with Gasteiger partial charge in [0.25, 0.3) is 0 Å². The summed E-state index contributed by atoms with van der Waals surface area (Å²) >= 11 is 0. The first-order valence-corrected chi connectivity index (χ1v) is 8.45. The van der Waals surface area contributed by atoms with Crippen LogP contribution in [0.5, 0.6) is 0 Å². The first-order valence-electron chi connectivity index (χ1n) is 6.14. The zero-order valence-corrected chi connectivity index (χ0v) is 13.3. The van der Waals surface area contributed by atoms with Gasteiger partial charge in [0, 0.05) is 16.9 Å². The second kappa shape index (κ2) is 5.27. The Kier molecular flexibility index (Phi) is 3.94. The molecule has 0 aromatic carbocycles. The van der Waals surface area contributed by atoms with Gasteiger partial charge >= 0.3 is 5.97 Å². The van der Waals surface area contributed by atoms with Crippen molar-refractivity contribution < 1.29 is 17.9 Å². The van der Waals surface area contributed by atoms with Crippen molar-refractivity contribution in [2.24, 2.45) is 0 Å². The number of nitrogens with zero attached hydrogens (tertiary/aromatic N) is 3. The van der Waals surface area contributed by atoms with Gasteiger partial charge in [-0.2, -0.15) is 0 Å². The van der Waals surface area contributed by atoms with Crippen molar-refractivity contribution in [2.75, 3.05) is 6.61 Å². The molecule has 0 aliphatic heterocycles. The number of hydrogen-bond acceptors (Lipinski definition) is 6. The lowest BCUT2D eigenvalue weighted by Crippen LogP contribution is -2.26. The van der Waals surface area contributed by atoms with Crippen LogP contribution in [0.2, 0.25) is 0 Å². The highest BCUT2D eigenvalue weighted by Gasteiger charge is 2.37. The molecule has 0 amide bonds. The van der Waals surface area contributed by atoms with Crippen LogP contribution in [0.3, 0.4) is 0 Å². The second-order valence-electron chi connectivity index (χ2n) is 4.79. The van der Waals surface area contributed by atoms with E-state index in [0.29, 0.717) is 5.69 Å². The minimum atomic E-state index is -3.86. The highest BCUT2D eigenvalue weighted by Crippen LogP contribution is 2.32. The quantitative estimate of drug-likeness (QED) is 0.625. The van der Waals surface area contributed by atoms with Crippen molar-refractivity contribution in [1.82, 2.24) is 14.4 Å². The van der Waals surface area contributed by atoms with E-state index in [4.69, 9.17) is 15.4 Å². The summed E-state index contributed by atoms with van der Waals surface area (Å²) in [4.78, 5) is 19.7. The first kappa shape index (κ1) is 15.7. The fourth-order valence-electron chi connectivity index (χ4n) is 1.76. The van der Waals surface area contributed by atoms with Crippen LogP contribution >= 0.6 is 10.7 Å². The van der Waals surface area contributed by atoms with Gasteiger partial charge < -0.3 is 4.74 Å². The van der Waals surface area contributed by atoms with Gasteiger partial charge in [-0.3, -0.25) is 4.40 Å². The molecule has 0 atom stereocenters. The van der Waals surface area contributed by atoms with Gasteiger partial charge in [-0.15, -0.1) is 0 Å². The summed E-state index contributed by atoms with van der Waals surface area (Å²) in [5.41, 5.74) is 0.462. The minimum Gasteiger partial charge on any atom is -0.461 e. The SMILES string of the molecule is CCOC(=O)c1ccn2c(C(C)(C)S(=O)(=O)Cl)cnc2n1. The average Bonchev–Trinajstić information content (AvgIpc) is 2.80. The number of carbonyl (C=O) groups excluding carboxylic acids is 1. The molecule has 9 heteroatoms. The van der Waals surface area contributed by atoms with Crippen LogP contribution in [-0.2, 0) is 18.5 Å². The normalized spacial score (nSPS) is 12.6. The number of ether oxygens (including phenoxy) is 1. The van der Waals surface area contributed by atoms with E-state index in [-0.39, 0.29) is 18.1 Å². The number of carbonyl (C=O) groups is 1. The van der Waals surface area contributed by atoms with Crippen LogP contribution < -0.4 is 0 Å². The van der Waals surface area contributed by atoms with Gasteiger partial charge in [-0.25, -0.2) is 23.2 Å². The zero-order valence-electron chi connectivity index (χ0n) is 11.7. The molecule has 2 aromatic rings. The Morgan fingerprint density at radius 1 is 1.48 bits per heavy atom. The fraction of sp³-hybridized carbons (Fsp3) is 0.417. The predicted octanol–water partition coefficient (Wildman–Crippen LogP) is 1.71. The van der Waals surface area contributed by atoms with Gasteiger partial charge in [0.15, 0.2) is 5.69 Å². The molecule has 0 spiro atoms. The molecule has 0 bridgehead atoms. The molecule has 0 unspecified atom stereocenters. The molecule has 114 valence electrons. The number of imidazole rings is 1. The van der Waals surface area contributed by atoms with Crippen LogP contribution in [0, 0.1) is 0 Å². The van der Waals surface area contributed by atoms with E-state index >= 15 is 0 Å². The number of fused-ring (bicyclic) bond motifs is 1. The maximum absolute atomic E-state index is 11.7. The van der Waals surface area contributed by atoms with Crippen molar-refractivity contribution in [3.8, 4) is 0 Å². The van der Waals surface area contributed by atoms with Crippen LogP contribution in [-0.4, -0.2) is 35.4 Å². The average molecular weight is 332 g/mol. The third-order valence-corrected chi connectivity index (χ3v) is 5.68. The van der Waals surface area contributed by atoms with Crippen LogP contribution in [0.25, 0.3) is 5.78 Å². The van der Waals surface area contributed by atoms with Crippen molar-refractivity contribution in [1.29, 1.82) is 0 Å². The van der Waals surface area contributed by atoms with Crippen molar-refractivity contribution >= 4 is 31.5 Å². The third kappa shape index (κ3) is 2.73. The van der Waals surface area contributed by atoms with E-state index in [1.165, 1.54) is 36.7 Å². The summed E-state index contributed by atoms with van der Waals surface area (Å²) in [5, 5.41) is 0. The van der Waals surface area contributed by atoms with Crippen molar-refractivity contribution in [3.05, 3.63) is 29.8 Å². The molecular formula is C12H14ClN3O4S. The largest absolute Gasteiger partial charge is 0.461 e. The predicted molar refractivity (Wildman–Crippen MR) is 76.7 cm³/mol. The van der Waals surface area contributed by atoms with Gasteiger partial charge in [0.2, 0.25) is 14.8 Å². The molecule has 0 fully saturated rings. The summed E-state index contributed by atoms with van der Waals surface area (Å²) in [7, 11) is 1.62. The molecule has 0 N–H and O–H groups in total. The number of hydrogen-bond donors (Lipinski definition) is 0. The number of aromatic nitrogens is 3. The number of rotatable bonds is 4. The van der Waals surface area contributed by atoms with Gasteiger partial charge in [0.05, 0.1) is 18.5 Å².